The van der Waals surface area contributed by atoms with Gasteiger partial charge in [-0.15, -0.1) is 0 Å². The van der Waals surface area contributed by atoms with E-state index in [1.807, 2.05) is 13.0 Å². The van der Waals surface area contributed by atoms with Crippen LogP contribution in [-0.2, 0) is 21.1 Å². The van der Waals surface area contributed by atoms with E-state index < -0.39 is 45.0 Å². The van der Waals surface area contributed by atoms with E-state index >= 15 is 4.39 Å². The van der Waals surface area contributed by atoms with Crippen LogP contribution in [0, 0.1) is 5.82 Å². The van der Waals surface area contributed by atoms with Crippen molar-refractivity contribution in [1.82, 2.24) is 9.88 Å². The molecule has 2 heterocycles. The number of nitrogens with one attached hydrogen (secondary N) is 2. The topological polar surface area (TPSA) is 155 Å². The van der Waals surface area contributed by atoms with Gasteiger partial charge in [-0.2, -0.15) is 0 Å². The molecule has 5 rings (SSSR count). The molecule has 45 heavy (non-hydrogen) atoms. The number of pyridine rings is 1. The maximum absolute atomic E-state index is 15.5. The van der Waals surface area contributed by atoms with Gasteiger partial charge < -0.3 is 21.1 Å². The number of nitrogens with two attached hydrogens (primary N) is 1. The Hall–Kier alpha value is -4.71. The summed E-state index contributed by atoms with van der Waals surface area (Å²) in [5, 5.41) is 15.6. The molecule has 0 saturated carbocycles. The summed E-state index contributed by atoms with van der Waals surface area (Å²) < 4.78 is 42.4. The maximum atomic E-state index is 15.5. The van der Waals surface area contributed by atoms with Crippen LogP contribution in [0.15, 0.2) is 71.8 Å². The number of amides is 2. The van der Waals surface area contributed by atoms with Crippen molar-refractivity contribution < 1.29 is 27.5 Å². The van der Waals surface area contributed by atoms with E-state index in [1.165, 1.54) is 24.3 Å². The number of hydrogen-bond donors (Lipinski definition) is 4. The second-order valence-corrected chi connectivity index (χ2v) is 13.9. The number of sulfone groups is 1. The van der Waals surface area contributed by atoms with Crippen molar-refractivity contribution in [3.63, 3.8) is 0 Å². The van der Waals surface area contributed by atoms with Crippen molar-refractivity contribution in [2.45, 2.75) is 62.3 Å². The minimum Gasteiger partial charge on any atom is -0.465 e. The number of anilines is 3. The predicted octanol–water partition coefficient (Wildman–Crippen LogP) is 6.31. The number of benzene rings is 3. The molecule has 1 saturated heterocycles. The van der Waals surface area contributed by atoms with Crippen LogP contribution in [0.1, 0.15) is 62.4 Å². The normalized spacial score (nSPS) is 15.8. The largest absolute Gasteiger partial charge is 0.465 e. The number of nitrogens with zero attached hydrogens (tertiary/aromatic N) is 2. The predicted molar refractivity (Wildman–Crippen MR) is 172 cm³/mol. The van der Waals surface area contributed by atoms with Crippen LogP contribution in [0.5, 0.6) is 0 Å². The van der Waals surface area contributed by atoms with Gasteiger partial charge in [0.15, 0.2) is 9.84 Å². The summed E-state index contributed by atoms with van der Waals surface area (Å²) in [5.74, 6) is -0.637. The van der Waals surface area contributed by atoms with E-state index in [4.69, 9.17) is 5.73 Å². The first-order chi connectivity index (χ1) is 21.4. The van der Waals surface area contributed by atoms with E-state index in [2.05, 4.69) is 15.6 Å². The molecule has 1 aromatic heterocycles. The summed E-state index contributed by atoms with van der Waals surface area (Å²) in [7, 11) is -3.80. The molecule has 1 aliphatic rings. The fourth-order valence-corrected chi connectivity index (χ4v) is 7.10. The Morgan fingerprint density at radius 2 is 1.84 bits per heavy atom. The van der Waals surface area contributed by atoms with Crippen LogP contribution in [-0.4, -0.2) is 47.2 Å². The Labute approximate surface area is 261 Å². The van der Waals surface area contributed by atoms with E-state index in [-0.39, 0.29) is 16.1 Å². The van der Waals surface area contributed by atoms with Crippen molar-refractivity contribution in [2.24, 2.45) is 0 Å². The van der Waals surface area contributed by atoms with Crippen molar-refractivity contribution in [1.29, 1.82) is 0 Å². The third-order valence-corrected chi connectivity index (χ3v) is 10.4. The molecule has 1 aliphatic heterocycles. The summed E-state index contributed by atoms with van der Waals surface area (Å²) in [5.41, 5.74) is 8.09. The van der Waals surface area contributed by atoms with Crippen LogP contribution < -0.4 is 16.4 Å². The Morgan fingerprint density at radius 3 is 2.56 bits per heavy atom. The summed E-state index contributed by atoms with van der Waals surface area (Å²) in [6.45, 7) is 5.37. The minimum absolute atomic E-state index is 0.0301. The molecule has 0 unspecified atom stereocenters. The lowest BCUT2D eigenvalue weighted by Gasteiger charge is -2.32. The number of fused-ring (bicyclic) bond motifs is 1. The first-order valence-corrected chi connectivity index (χ1v) is 16.3. The van der Waals surface area contributed by atoms with Gasteiger partial charge in [0.1, 0.15) is 17.7 Å². The zero-order valence-electron chi connectivity index (χ0n) is 25.2. The minimum atomic E-state index is -3.80. The molecule has 12 heteroatoms. The average molecular weight is 634 g/mol. The second-order valence-electron chi connectivity index (χ2n) is 11.4. The molecule has 0 radical (unpaired) electrons. The molecule has 0 aliphatic carbocycles. The van der Waals surface area contributed by atoms with Gasteiger partial charge in [0, 0.05) is 35.1 Å². The Kier molecular flexibility index (Phi) is 8.96. The van der Waals surface area contributed by atoms with Crippen molar-refractivity contribution >= 4 is 49.8 Å². The molecule has 4 aromatic rings. The summed E-state index contributed by atoms with van der Waals surface area (Å²) in [4.78, 5) is 31.7. The lowest BCUT2D eigenvalue weighted by Crippen LogP contribution is -2.38. The SMILES string of the molecule is CCc1ccc(F)c([C@H](Nc2ccc3c(N)nccc3c2)C(=O)N2CCC[C@@H]2c2cc(NC(=O)O)ccc2S(=O)(=O)C(C)C)c1. The lowest BCUT2D eigenvalue weighted by molar-refractivity contribution is -0.133. The van der Waals surface area contributed by atoms with Gasteiger partial charge in [0.2, 0.25) is 5.91 Å². The molecule has 2 atom stereocenters. The Morgan fingerprint density at radius 1 is 1.09 bits per heavy atom. The number of carbonyl (C=O) groups excluding carboxylic acids is 1. The van der Waals surface area contributed by atoms with Crippen LogP contribution in [0.4, 0.5) is 26.4 Å². The van der Waals surface area contributed by atoms with Crippen LogP contribution in [0.3, 0.4) is 0 Å². The molecule has 10 nitrogen and oxygen atoms in total. The van der Waals surface area contributed by atoms with Gasteiger partial charge in [-0.3, -0.25) is 10.1 Å². The first kappa shape index (κ1) is 31.7. The number of halogens is 1. The highest BCUT2D eigenvalue weighted by molar-refractivity contribution is 7.92. The Balaban J connectivity index is 1.61. The molecule has 0 bridgehead atoms. The summed E-state index contributed by atoms with van der Waals surface area (Å²) in [6, 6.07) is 14.2. The van der Waals surface area contributed by atoms with Crippen LogP contribution in [0.2, 0.25) is 0 Å². The average Bonchev–Trinajstić information content (AvgIpc) is 3.50. The number of nitrogen functional groups attached to an aromatic ring is 1. The molecule has 0 spiro atoms. The number of hydrogen-bond acceptors (Lipinski definition) is 7. The van der Waals surface area contributed by atoms with Crippen molar-refractivity contribution in [2.75, 3.05) is 22.9 Å². The molecule has 236 valence electrons. The van der Waals surface area contributed by atoms with Crippen molar-refractivity contribution in [3.8, 4) is 0 Å². The van der Waals surface area contributed by atoms with Crippen molar-refractivity contribution in [3.05, 3.63) is 89.4 Å². The van der Waals surface area contributed by atoms with E-state index in [1.54, 1.807) is 55.3 Å². The zero-order chi connectivity index (χ0) is 32.5. The quantitative estimate of drug-likeness (QED) is 0.167. The number of aromatic nitrogens is 1. The number of rotatable bonds is 9. The second kappa shape index (κ2) is 12.7. The molecule has 2 amide bonds. The van der Waals surface area contributed by atoms with Crippen LogP contribution in [0.25, 0.3) is 10.8 Å². The smallest absolute Gasteiger partial charge is 0.409 e. The van der Waals surface area contributed by atoms with E-state index in [0.29, 0.717) is 42.9 Å². The molecule has 1 fully saturated rings. The third-order valence-electron chi connectivity index (χ3n) is 8.22. The first-order valence-electron chi connectivity index (χ1n) is 14.8. The third kappa shape index (κ3) is 6.41. The highest BCUT2D eigenvalue weighted by Gasteiger charge is 2.39. The highest BCUT2D eigenvalue weighted by atomic mass is 32.2. The number of aryl methyl sites for hydroxylation is 1. The van der Waals surface area contributed by atoms with Gasteiger partial charge in [-0.05, 0) is 98.2 Å². The standard InChI is InChI=1S/C33H36FN5O5S/c1-4-20-7-11-27(34)25(16-20)30(37-22-8-10-24-21(17-22)13-14-36-31(24)35)32(40)39-15-5-6-28(39)26-18-23(38-33(41)42)9-12-29(26)45(43,44)19(2)3/h7-14,16-19,28,30,37-38H,4-6,15H2,1-3H3,(H2,35,36)(H,41,42)/t28-,30+/m1/s1. The van der Waals surface area contributed by atoms with Gasteiger partial charge in [-0.25, -0.2) is 22.6 Å². The fraction of sp³-hybridized carbons (Fsp3) is 0.303. The van der Waals surface area contributed by atoms with Gasteiger partial charge in [0.25, 0.3) is 0 Å². The molecule has 5 N–H and O–H groups in total. The summed E-state index contributed by atoms with van der Waals surface area (Å²) in [6.07, 6.45) is 1.92. The monoisotopic (exact) mass is 633 g/mol. The number of carbonyl (C=O) groups is 2. The lowest BCUT2D eigenvalue weighted by atomic mass is 9.98. The van der Waals surface area contributed by atoms with Crippen LogP contribution >= 0.6 is 0 Å². The molecular formula is C33H36FN5O5S. The van der Waals surface area contributed by atoms with E-state index in [9.17, 15) is 23.1 Å². The number of likely N-dealkylation sites (tertiary alicyclic amines) is 1. The van der Waals surface area contributed by atoms with Gasteiger partial charge in [-0.1, -0.05) is 19.1 Å². The van der Waals surface area contributed by atoms with E-state index in [0.717, 1.165) is 16.3 Å². The Bertz CT molecular complexity index is 1880. The molecular weight excluding hydrogens is 597 g/mol. The zero-order valence-corrected chi connectivity index (χ0v) is 26.1. The van der Waals surface area contributed by atoms with Gasteiger partial charge >= 0.3 is 6.09 Å². The highest BCUT2D eigenvalue weighted by Crippen LogP contribution is 2.40. The number of carboxylic acid groups (broad SMARTS) is 1. The molecule has 3 aromatic carbocycles. The maximum Gasteiger partial charge on any atom is 0.409 e. The fourth-order valence-electron chi connectivity index (χ4n) is 5.81. The van der Waals surface area contributed by atoms with Gasteiger partial charge in [0.05, 0.1) is 16.2 Å². The summed E-state index contributed by atoms with van der Waals surface area (Å²) >= 11 is 0.